The lowest BCUT2D eigenvalue weighted by Gasteiger charge is -2.33. The predicted molar refractivity (Wildman–Crippen MR) is 106 cm³/mol. The fourth-order valence-corrected chi connectivity index (χ4v) is 3.79. The van der Waals surface area contributed by atoms with Crippen LogP contribution in [0.1, 0.15) is 37.7 Å². The highest BCUT2D eigenvalue weighted by Crippen LogP contribution is 2.31. The molecule has 0 unspecified atom stereocenters. The molecule has 1 N–H and O–H groups in total. The molecule has 1 aromatic heterocycles. The summed E-state index contributed by atoms with van der Waals surface area (Å²) in [6, 6.07) is 8.62. The van der Waals surface area contributed by atoms with Crippen LogP contribution in [0.2, 0.25) is 0 Å². The fourth-order valence-electron chi connectivity index (χ4n) is 3.46. The van der Waals surface area contributed by atoms with Gasteiger partial charge in [0.15, 0.2) is 5.82 Å². The highest BCUT2D eigenvalue weighted by Gasteiger charge is 2.22. The lowest BCUT2D eigenvalue weighted by Crippen LogP contribution is -2.34. The number of carbonyl (C=O) groups excluding carboxylic acids is 1. The molecule has 1 heterocycles. The summed E-state index contributed by atoms with van der Waals surface area (Å²) in [7, 11) is 2.03. The van der Waals surface area contributed by atoms with Crippen molar-refractivity contribution in [3.8, 4) is 0 Å². The Labute approximate surface area is 161 Å². The maximum Gasteiger partial charge on any atom is 0.229 e. The van der Waals surface area contributed by atoms with E-state index in [4.69, 9.17) is 0 Å². The fraction of sp³-hybridized carbons (Fsp3) is 0.400. The minimum atomic E-state index is -0.366. The summed E-state index contributed by atoms with van der Waals surface area (Å²) in [4.78, 5) is 19.1. The van der Waals surface area contributed by atoms with Gasteiger partial charge in [0.25, 0.3) is 0 Å². The summed E-state index contributed by atoms with van der Waals surface area (Å²) >= 11 is 3.42. The number of nitrogens with one attached hydrogen (secondary N) is 1. The van der Waals surface area contributed by atoms with E-state index in [0.717, 1.165) is 23.1 Å². The largest absolute Gasteiger partial charge is 0.355 e. The van der Waals surface area contributed by atoms with E-state index in [1.54, 1.807) is 24.4 Å². The summed E-state index contributed by atoms with van der Waals surface area (Å²) in [6.07, 6.45) is 7.73. The van der Waals surface area contributed by atoms with Gasteiger partial charge >= 0.3 is 0 Å². The van der Waals surface area contributed by atoms with Crippen LogP contribution in [0, 0.1) is 5.82 Å². The van der Waals surface area contributed by atoms with E-state index in [1.807, 2.05) is 13.1 Å². The zero-order valence-electron chi connectivity index (χ0n) is 14.8. The zero-order valence-corrected chi connectivity index (χ0v) is 16.4. The Morgan fingerprint density at radius 1 is 1.31 bits per heavy atom. The van der Waals surface area contributed by atoms with Gasteiger partial charge in [0.1, 0.15) is 5.82 Å². The zero-order chi connectivity index (χ0) is 18.5. The van der Waals surface area contributed by atoms with E-state index in [9.17, 15) is 9.18 Å². The van der Waals surface area contributed by atoms with Gasteiger partial charge in [0, 0.05) is 23.8 Å². The number of aromatic nitrogens is 1. The predicted octanol–water partition coefficient (Wildman–Crippen LogP) is 4.93. The monoisotopic (exact) mass is 419 g/mol. The number of anilines is 2. The Bertz CT molecular complexity index is 777. The van der Waals surface area contributed by atoms with Gasteiger partial charge in [0.2, 0.25) is 5.91 Å². The van der Waals surface area contributed by atoms with E-state index >= 15 is 0 Å². The average molecular weight is 420 g/mol. The molecule has 6 heteroatoms. The van der Waals surface area contributed by atoms with E-state index in [-0.39, 0.29) is 18.1 Å². The SMILES string of the molecule is CN(c1ncc(Br)cc1NC(=O)Cc1ccccc1F)C1CCCCC1. The highest BCUT2D eigenvalue weighted by atomic mass is 79.9. The number of benzene rings is 1. The Kier molecular flexibility index (Phi) is 6.25. The summed E-state index contributed by atoms with van der Waals surface area (Å²) < 4.78 is 14.6. The molecular weight excluding hydrogens is 397 g/mol. The average Bonchev–Trinajstić information content (AvgIpc) is 2.64. The molecule has 4 nitrogen and oxygen atoms in total. The van der Waals surface area contributed by atoms with Gasteiger partial charge in [-0.3, -0.25) is 4.79 Å². The molecule has 0 atom stereocenters. The number of carbonyl (C=O) groups is 1. The molecule has 2 aromatic rings. The number of hydrogen-bond acceptors (Lipinski definition) is 3. The minimum absolute atomic E-state index is 0.00817. The standard InChI is InChI=1S/C20H23BrFN3O/c1-25(16-8-3-2-4-9-16)20-18(12-15(21)13-23-20)24-19(26)11-14-7-5-6-10-17(14)22/h5-7,10,12-13,16H,2-4,8-9,11H2,1H3,(H,24,26). The van der Waals surface area contributed by atoms with Crippen LogP contribution in [0.15, 0.2) is 41.0 Å². The van der Waals surface area contributed by atoms with Crippen molar-refractivity contribution in [1.29, 1.82) is 0 Å². The van der Waals surface area contributed by atoms with Crippen LogP contribution in [0.5, 0.6) is 0 Å². The van der Waals surface area contributed by atoms with E-state index in [0.29, 0.717) is 17.3 Å². The smallest absolute Gasteiger partial charge is 0.229 e. The van der Waals surface area contributed by atoms with Gasteiger partial charge in [-0.05, 0) is 46.5 Å². The van der Waals surface area contributed by atoms with Gasteiger partial charge in [-0.25, -0.2) is 9.37 Å². The van der Waals surface area contributed by atoms with Crippen LogP contribution in [-0.4, -0.2) is 24.0 Å². The van der Waals surface area contributed by atoms with Crippen LogP contribution in [0.4, 0.5) is 15.9 Å². The summed E-state index contributed by atoms with van der Waals surface area (Å²) in [5, 5.41) is 2.91. The first-order valence-electron chi connectivity index (χ1n) is 8.96. The van der Waals surface area contributed by atoms with Gasteiger partial charge < -0.3 is 10.2 Å². The molecule has 138 valence electrons. The second-order valence-electron chi connectivity index (χ2n) is 6.74. The van der Waals surface area contributed by atoms with Gasteiger partial charge in [-0.2, -0.15) is 0 Å². The van der Waals surface area contributed by atoms with Crippen molar-refractivity contribution in [1.82, 2.24) is 4.98 Å². The third-order valence-corrected chi connectivity index (χ3v) is 5.31. The van der Waals surface area contributed by atoms with E-state index < -0.39 is 0 Å². The third kappa shape index (κ3) is 4.61. The number of nitrogens with zero attached hydrogens (tertiary/aromatic N) is 2. The van der Waals surface area contributed by atoms with Crippen molar-refractivity contribution in [3.05, 3.63) is 52.4 Å². The van der Waals surface area contributed by atoms with Gasteiger partial charge in [-0.15, -0.1) is 0 Å². The van der Waals surface area contributed by atoms with Crippen LogP contribution < -0.4 is 10.2 Å². The molecule has 1 amide bonds. The first-order chi connectivity index (χ1) is 12.5. The molecule has 1 saturated carbocycles. The molecule has 0 spiro atoms. The number of rotatable bonds is 5. The lowest BCUT2D eigenvalue weighted by atomic mass is 9.94. The molecule has 0 bridgehead atoms. The quantitative estimate of drug-likeness (QED) is 0.746. The maximum atomic E-state index is 13.8. The molecule has 26 heavy (non-hydrogen) atoms. The first kappa shape index (κ1) is 18.8. The second kappa shape index (κ2) is 8.62. The number of hydrogen-bond donors (Lipinski definition) is 1. The highest BCUT2D eigenvalue weighted by molar-refractivity contribution is 9.10. The Morgan fingerprint density at radius 2 is 2.04 bits per heavy atom. The van der Waals surface area contributed by atoms with Crippen molar-refractivity contribution in [2.75, 3.05) is 17.3 Å². The van der Waals surface area contributed by atoms with Crippen molar-refractivity contribution < 1.29 is 9.18 Å². The molecule has 3 rings (SSSR count). The van der Waals surface area contributed by atoms with Crippen LogP contribution in [0.3, 0.4) is 0 Å². The molecule has 0 saturated heterocycles. The Hall–Kier alpha value is -1.95. The molecular formula is C20H23BrFN3O. The lowest BCUT2D eigenvalue weighted by molar-refractivity contribution is -0.115. The number of pyridine rings is 1. The third-order valence-electron chi connectivity index (χ3n) is 4.87. The van der Waals surface area contributed by atoms with Gasteiger partial charge in [0.05, 0.1) is 12.1 Å². The molecule has 1 fully saturated rings. The summed E-state index contributed by atoms with van der Waals surface area (Å²) in [5.41, 5.74) is 1.03. The minimum Gasteiger partial charge on any atom is -0.355 e. The summed E-state index contributed by atoms with van der Waals surface area (Å²) in [6.45, 7) is 0. The van der Waals surface area contributed by atoms with Crippen LogP contribution in [0.25, 0.3) is 0 Å². The second-order valence-corrected chi connectivity index (χ2v) is 7.66. The maximum absolute atomic E-state index is 13.8. The Morgan fingerprint density at radius 3 is 2.77 bits per heavy atom. The first-order valence-corrected chi connectivity index (χ1v) is 9.75. The topological polar surface area (TPSA) is 45.2 Å². The van der Waals surface area contributed by atoms with Crippen LogP contribution in [-0.2, 0) is 11.2 Å². The number of amides is 1. The molecule has 1 aliphatic carbocycles. The van der Waals surface area contributed by atoms with Gasteiger partial charge in [-0.1, -0.05) is 37.5 Å². The normalized spacial score (nSPS) is 14.9. The molecule has 1 aliphatic rings. The molecule has 1 aromatic carbocycles. The van der Waals surface area contributed by atoms with Crippen molar-refractivity contribution >= 4 is 33.3 Å². The molecule has 0 radical (unpaired) electrons. The summed E-state index contributed by atoms with van der Waals surface area (Å²) in [5.74, 6) is 0.129. The van der Waals surface area contributed by atoms with E-state index in [1.165, 1.54) is 25.3 Å². The number of halogens is 2. The molecule has 0 aliphatic heterocycles. The van der Waals surface area contributed by atoms with Crippen molar-refractivity contribution in [2.24, 2.45) is 0 Å². The van der Waals surface area contributed by atoms with Crippen molar-refractivity contribution in [3.63, 3.8) is 0 Å². The van der Waals surface area contributed by atoms with Crippen molar-refractivity contribution in [2.45, 2.75) is 44.6 Å². The van der Waals surface area contributed by atoms with Crippen LogP contribution >= 0.6 is 15.9 Å². The Balaban J connectivity index is 1.77. The van der Waals surface area contributed by atoms with E-state index in [2.05, 4.69) is 31.1 Å².